The number of anilines is 1. The van der Waals surface area contributed by atoms with Crippen molar-refractivity contribution in [3.63, 3.8) is 0 Å². The van der Waals surface area contributed by atoms with Crippen molar-refractivity contribution in [1.82, 2.24) is 9.78 Å². The van der Waals surface area contributed by atoms with Crippen LogP contribution in [-0.2, 0) is 11.8 Å². The van der Waals surface area contributed by atoms with Crippen molar-refractivity contribution >= 4 is 11.5 Å². The van der Waals surface area contributed by atoms with Crippen LogP contribution in [0.5, 0.6) is 0 Å². The van der Waals surface area contributed by atoms with E-state index in [2.05, 4.69) is 10.4 Å². The van der Waals surface area contributed by atoms with Crippen molar-refractivity contribution in [2.75, 3.05) is 11.9 Å². The van der Waals surface area contributed by atoms with Crippen LogP contribution in [0, 0.1) is 17.0 Å². The highest BCUT2D eigenvalue weighted by Gasteiger charge is 2.33. The molecule has 0 aliphatic carbocycles. The molecule has 116 valence electrons. The Morgan fingerprint density at radius 2 is 2.14 bits per heavy atom. The standard InChI is InChI=1S/C15H18N4O3/c1-10-13(19(20)21)15(18(2)17-10)16-12-8-9-22-14(12)11-6-4-3-5-7-11/h3-7,12,14,16H,8-9H2,1-2H3/t12-,14+/m1/s1. The number of aryl methyl sites for hydroxylation is 2. The molecule has 2 heterocycles. The third-order valence-electron chi connectivity index (χ3n) is 3.92. The summed E-state index contributed by atoms with van der Waals surface area (Å²) in [7, 11) is 1.70. The molecule has 1 saturated heterocycles. The molecule has 2 atom stereocenters. The molecule has 0 unspecified atom stereocenters. The monoisotopic (exact) mass is 302 g/mol. The zero-order valence-electron chi connectivity index (χ0n) is 12.5. The number of hydrogen-bond donors (Lipinski definition) is 1. The van der Waals surface area contributed by atoms with Gasteiger partial charge in [-0.05, 0) is 18.9 Å². The van der Waals surface area contributed by atoms with E-state index < -0.39 is 4.92 Å². The molecule has 7 nitrogen and oxygen atoms in total. The lowest BCUT2D eigenvalue weighted by atomic mass is 10.0. The molecule has 1 aliphatic heterocycles. The first-order valence-corrected chi connectivity index (χ1v) is 7.19. The molecule has 1 aliphatic rings. The fourth-order valence-corrected chi connectivity index (χ4v) is 2.91. The van der Waals surface area contributed by atoms with Gasteiger partial charge in [0, 0.05) is 13.7 Å². The number of rotatable bonds is 4. The van der Waals surface area contributed by atoms with Crippen molar-refractivity contribution < 1.29 is 9.66 Å². The number of aromatic nitrogens is 2. The predicted octanol–water partition coefficient (Wildman–Crippen LogP) is 2.58. The Bertz CT molecular complexity index is 684. The molecule has 1 fully saturated rings. The van der Waals surface area contributed by atoms with Crippen LogP contribution >= 0.6 is 0 Å². The second kappa shape index (κ2) is 5.76. The van der Waals surface area contributed by atoms with E-state index in [1.165, 1.54) is 4.68 Å². The Kier molecular flexibility index (Phi) is 3.81. The van der Waals surface area contributed by atoms with E-state index in [0.29, 0.717) is 18.1 Å². The summed E-state index contributed by atoms with van der Waals surface area (Å²) in [5, 5.41) is 18.7. The molecule has 0 amide bonds. The maximum absolute atomic E-state index is 11.3. The summed E-state index contributed by atoms with van der Waals surface area (Å²) in [5.41, 5.74) is 1.51. The lowest BCUT2D eigenvalue weighted by molar-refractivity contribution is -0.384. The van der Waals surface area contributed by atoms with Crippen molar-refractivity contribution in [1.29, 1.82) is 0 Å². The molecule has 0 radical (unpaired) electrons. The number of nitro groups is 1. The molecule has 0 spiro atoms. The fraction of sp³-hybridized carbons (Fsp3) is 0.400. The third-order valence-corrected chi connectivity index (χ3v) is 3.92. The van der Waals surface area contributed by atoms with E-state index in [1.807, 2.05) is 30.3 Å². The van der Waals surface area contributed by atoms with Gasteiger partial charge < -0.3 is 10.1 Å². The number of nitrogens with zero attached hydrogens (tertiary/aromatic N) is 3. The lowest BCUT2D eigenvalue weighted by Crippen LogP contribution is -2.25. The van der Waals surface area contributed by atoms with Crippen LogP contribution in [0.15, 0.2) is 30.3 Å². The second-order valence-corrected chi connectivity index (χ2v) is 5.40. The second-order valence-electron chi connectivity index (χ2n) is 5.40. The summed E-state index contributed by atoms with van der Waals surface area (Å²) in [6.07, 6.45) is 0.678. The predicted molar refractivity (Wildman–Crippen MR) is 81.8 cm³/mol. The van der Waals surface area contributed by atoms with Gasteiger partial charge in [0.05, 0.1) is 11.0 Å². The smallest absolute Gasteiger partial charge is 0.333 e. The molecule has 1 aromatic carbocycles. The van der Waals surface area contributed by atoms with Gasteiger partial charge in [-0.25, -0.2) is 4.68 Å². The van der Waals surface area contributed by atoms with Crippen LogP contribution in [0.2, 0.25) is 0 Å². The van der Waals surface area contributed by atoms with Crippen LogP contribution in [0.3, 0.4) is 0 Å². The number of hydrogen-bond acceptors (Lipinski definition) is 5. The average Bonchev–Trinajstić information content (AvgIpc) is 3.05. The van der Waals surface area contributed by atoms with Crippen LogP contribution in [0.4, 0.5) is 11.5 Å². The van der Waals surface area contributed by atoms with Gasteiger partial charge >= 0.3 is 5.69 Å². The van der Waals surface area contributed by atoms with E-state index in [0.717, 1.165) is 12.0 Å². The topological polar surface area (TPSA) is 82.2 Å². The Morgan fingerprint density at radius 1 is 1.41 bits per heavy atom. The van der Waals surface area contributed by atoms with Crippen LogP contribution < -0.4 is 5.32 Å². The van der Waals surface area contributed by atoms with Crippen LogP contribution in [0.25, 0.3) is 0 Å². The minimum absolute atomic E-state index is 0.0177. The van der Waals surface area contributed by atoms with Crippen LogP contribution in [0.1, 0.15) is 23.8 Å². The molecule has 3 rings (SSSR count). The van der Waals surface area contributed by atoms with Gasteiger partial charge in [-0.3, -0.25) is 10.1 Å². The van der Waals surface area contributed by atoms with Gasteiger partial charge in [-0.2, -0.15) is 5.10 Å². The first kappa shape index (κ1) is 14.5. The largest absolute Gasteiger partial charge is 0.371 e. The van der Waals surface area contributed by atoms with Gasteiger partial charge in [-0.1, -0.05) is 30.3 Å². The Labute approximate surface area is 128 Å². The van der Waals surface area contributed by atoms with E-state index in [9.17, 15) is 10.1 Å². The van der Waals surface area contributed by atoms with E-state index in [-0.39, 0.29) is 17.8 Å². The normalized spacial score (nSPS) is 21.0. The summed E-state index contributed by atoms with van der Waals surface area (Å²) in [5.74, 6) is 0.430. The van der Waals surface area contributed by atoms with E-state index in [4.69, 9.17) is 4.74 Å². The van der Waals surface area contributed by atoms with Crippen LogP contribution in [-0.4, -0.2) is 27.4 Å². The van der Waals surface area contributed by atoms with Gasteiger partial charge in [0.2, 0.25) is 5.82 Å². The SMILES string of the molecule is Cc1nn(C)c(N[C@@H]2CCO[C@H]2c2ccccc2)c1[N+](=O)[O-]. The quantitative estimate of drug-likeness (QED) is 0.693. The summed E-state index contributed by atoms with van der Waals surface area (Å²) < 4.78 is 7.33. The molecule has 0 saturated carbocycles. The summed E-state index contributed by atoms with van der Waals surface area (Å²) in [6.45, 7) is 2.27. The molecule has 1 aromatic heterocycles. The van der Waals surface area contributed by atoms with Crippen molar-refractivity contribution in [3.8, 4) is 0 Å². The van der Waals surface area contributed by atoms with Gasteiger partial charge in [0.15, 0.2) is 0 Å². The molecule has 0 bridgehead atoms. The zero-order chi connectivity index (χ0) is 15.7. The molecule has 22 heavy (non-hydrogen) atoms. The molecular weight excluding hydrogens is 284 g/mol. The van der Waals surface area contributed by atoms with Gasteiger partial charge in [0.25, 0.3) is 0 Å². The first-order valence-electron chi connectivity index (χ1n) is 7.19. The average molecular weight is 302 g/mol. The van der Waals surface area contributed by atoms with E-state index >= 15 is 0 Å². The highest BCUT2D eigenvalue weighted by atomic mass is 16.6. The summed E-state index contributed by atoms with van der Waals surface area (Å²) in [6, 6.07) is 9.88. The Balaban J connectivity index is 1.88. The van der Waals surface area contributed by atoms with Crippen molar-refractivity contribution in [3.05, 3.63) is 51.7 Å². The van der Waals surface area contributed by atoms with E-state index in [1.54, 1.807) is 14.0 Å². The Hall–Kier alpha value is -2.41. The molecular formula is C15H18N4O3. The minimum atomic E-state index is -0.391. The summed E-state index contributed by atoms with van der Waals surface area (Å²) >= 11 is 0. The third kappa shape index (κ3) is 2.55. The van der Waals surface area contributed by atoms with Gasteiger partial charge in [-0.15, -0.1) is 0 Å². The first-order chi connectivity index (χ1) is 10.6. The molecule has 7 heteroatoms. The molecule has 2 aromatic rings. The maximum Gasteiger partial charge on any atom is 0.333 e. The molecule has 1 N–H and O–H groups in total. The number of nitrogens with one attached hydrogen (secondary N) is 1. The lowest BCUT2D eigenvalue weighted by Gasteiger charge is -2.20. The highest BCUT2D eigenvalue weighted by molar-refractivity contribution is 5.60. The highest BCUT2D eigenvalue weighted by Crippen LogP contribution is 2.34. The van der Waals surface area contributed by atoms with Crippen molar-refractivity contribution in [2.24, 2.45) is 7.05 Å². The van der Waals surface area contributed by atoms with Gasteiger partial charge in [0.1, 0.15) is 11.8 Å². The van der Waals surface area contributed by atoms with Crippen molar-refractivity contribution in [2.45, 2.75) is 25.5 Å². The number of benzene rings is 1. The fourth-order valence-electron chi connectivity index (χ4n) is 2.91. The number of ether oxygens (including phenoxy) is 1. The Morgan fingerprint density at radius 3 is 2.82 bits per heavy atom. The summed E-state index contributed by atoms with van der Waals surface area (Å²) in [4.78, 5) is 10.9. The minimum Gasteiger partial charge on any atom is -0.371 e. The zero-order valence-corrected chi connectivity index (χ0v) is 12.5. The maximum atomic E-state index is 11.3.